The Labute approximate surface area is 157 Å². The predicted molar refractivity (Wildman–Crippen MR) is 102 cm³/mol. The van der Waals surface area contributed by atoms with Gasteiger partial charge in [-0.3, -0.25) is 4.79 Å². The third-order valence-corrected chi connectivity index (χ3v) is 5.85. The van der Waals surface area contributed by atoms with Crippen molar-refractivity contribution in [2.24, 2.45) is 5.92 Å². The second-order valence-corrected chi connectivity index (χ2v) is 7.73. The zero-order chi connectivity index (χ0) is 18.7. The van der Waals surface area contributed by atoms with Gasteiger partial charge in [0.25, 0.3) is 0 Å². The van der Waals surface area contributed by atoms with E-state index in [1.165, 1.54) is 23.3 Å². The molecule has 0 spiro atoms. The van der Waals surface area contributed by atoms with Crippen LogP contribution in [0.15, 0.2) is 24.3 Å². The lowest BCUT2D eigenvalue weighted by atomic mass is 9.88. The summed E-state index contributed by atoms with van der Waals surface area (Å²) in [6.07, 6.45) is 3.08. The van der Waals surface area contributed by atoms with Crippen LogP contribution in [0.4, 0.5) is 5.00 Å². The topological polar surface area (TPSA) is 64.6 Å². The van der Waals surface area contributed by atoms with Gasteiger partial charge in [0.1, 0.15) is 10.8 Å². The number of hydrogen-bond acceptors (Lipinski definition) is 5. The van der Waals surface area contributed by atoms with Crippen LogP contribution in [0.3, 0.4) is 0 Å². The summed E-state index contributed by atoms with van der Waals surface area (Å²) >= 11 is 1.50. The van der Waals surface area contributed by atoms with Gasteiger partial charge in [-0.2, -0.15) is 0 Å². The molecule has 1 aliphatic carbocycles. The van der Waals surface area contributed by atoms with Crippen LogP contribution in [0, 0.1) is 5.92 Å². The molecular formula is C20H23NO4S. The molecule has 0 unspecified atom stereocenters. The van der Waals surface area contributed by atoms with Crippen LogP contribution in [-0.2, 0) is 28.8 Å². The Morgan fingerprint density at radius 1 is 1.23 bits per heavy atom. The minimum Gasteiger partial charge on any atom is -0.497 e. The molecule has 138 valence electrons. The van der Waals surface area contributed by atoms with Crippen molar-refractivity contribution < 1.29 is 19.1 Å². The van der Waals surface area contributed by atoms with E-state index in [1.54, 1.807) is 7.11 Å². The minimum absolute atomic E-state index is 0.146. The number of anilines is 1. The van der Waals surface area contributed by atoms with Gasteiger partial charge in [0.15, 0.2) is 0 Å². The van der Waals surface area contributed by atoms with Gasteiger partial charge in [-0.1, -0.05) is 19.1 Å². The number of carbonyl (C=O) groups excluding carboxylic acids is 2. The third-order valence-electron chi connectivity index (χ3n) is 4.68. The van der Waals surface area contributed by atoms with Crippen LogP contribution in [0.5, 0.6) is 5.75 Å². The fourth-order valence-corrected chi connectivity index (χ4v) is 4.67. The van der Waals surface area contributed by atoms with Crippen molar-refractivity contribution in [3.8, 4) is 5.75 Å². The van der Waals surface area contributed by atoms with Crippen molar-refractivity contribution in [2.45, 2.75) is 32.6 Å². The first-order valence-corrected chi connectivity index (χ1v) is 9.49. The van der Waals surface area contributed by atoms with Crippen molar-refractivity contribution in [3.63, 3.8) is 0 Å². The molecule has 6 heteroatoms. The standard InChI is InChI=1S/C20H23NO4S/c1-12-4-9-15-16(10-12)26-19(18(15)20(23)25-3)21-17(22)11-13-5-7-14(24-2)8-6-13/h5-8,12H,4,9-11H2,1-3H3,(H,21,22)/t12-/m1/s1. The highest BCUT2D eigenvalue weighted by molar-refractivity contribution is 7.17. The Morgan fingerprint density at radius 2 is 1.96 bits per heavy atom. The van der Waals surface area contributed by atoms with Crippen molar-refractivity contribution in [1.29, 1.82) is 0 Å². The number of methoxy groups -OCH3 is 2. The molecule has 1 aromatic heterocycles. The van der Waals surface area contributed by atoms with Crippen molar-refractivity contribution in [2.75, 3.05) is 19.5 Å². The summed E-state index contributed by atoms with van der Waals surface area (Å²) in [5.41, 5.74) is 2.46. The maximum absolute atomic E-state index is 12.5. The Morgan fingerprint density at radius 3 is 2.62 bits per heavy atom. The smallest absolute Gasteiger partial charge is 0.341 e. The van der Waals surface area contributed by atoms with Crippen molar-refractivity contribution in [1.82, 2.24) is 0 Å². The molecule has 1 heterocycles. The maximum Gasteiger partial charge on any atom is 0.341 e. The molecule has 3 rings (SSSR count). The molecule has 0 fully saturated rings. The van der Waals surface area contributed by atoms with Gasteiger partial charge in [-0.05, 0) is 48.4 Å². The summed E-state index contributed by atoms with van der Waals surface area (Å²) in [6.45, 7) is 2.21. The van der Waals surface area contributed by atoms with E-state index >= 15 is 0 Å². The number of ether oxygens (including phenoxy) is 2. The van der Waals surface area contributed by atoms with Crippen molar-refractivity contribution in [3.05, 3.63) is 45.8 Å². The number of hydrogen-bond donors (Lipinski definition) is 1. The highest BCUT2D eigenvalue weighted by atomic mass is 32.1. The summed E-state index contributed by atoms with van der Waals surface area (Å²) < 4.78 is 10.1. The first-order chi connectivity index (χ1) is 12.5. The van der Waals surface area contributed by atoms with Gasteiger partial charge >= 0.3 is 5.97 Å². The molecule has 1 aliphatic rings. The van der Waals surface area contributed by atoms with E-state index in [0.29, 0.717) is 16.5 Å². The average Bonchev–Trinajstić information content (AvgIpc) is 2.98. The predicted octanol–water partition coefficient (Wildman–Crippen LogP) is 3.85. The summed E-state index contributed by atoms with van der Waals surface area (Å²) in [6, 6.07) is 7.38. The zero-order valence-electron chi connectivity index (χ0n) is 15.3. The molecule has 2 aromatic rings. The number of nitrogens with one attached hydrogen (secondary N) is 1. The summed E-state index contributed by atoms with van der Waals surface area (Å²) in [7, 11) is 2.98. The second kappa shape index (κ2) is 7.91. The zero-order valence-corrected chi connectivity index (χ0v) is 16.1. The molecule has 0 aliphatic heterocycles. The van der Waals surface area contributed by atoms with Crippen LogP contribution in [0.1, 0.15) is 39.7 Å². The lowest BCUT2D eigenvalue weighted by molar-refractivity contribution is -0.115. The van der Waals surface area contributed by atoms with E-state index in [0.717, 1.165) is 36.1 Å². The monoisotopic (exact) mass is 373 g/mol. The molecule has 1 aromatic carbocycles. The second-order valence-electron chi connectivity index (χ2n) is 6.62. The van der Waals surface area contributed by atoms with Crippen LogP contribution in [-0.4, -0.2) is 26.1 Å². The van der Waals surface area contributed by atoms with Crippen LogP contribution in [0.2, 0.25) is 0 Å². The van der Waals surface area contributed by atoms with Crippen molar-refractivity contribution >= 4 is 28.2 Å². The fraction of sp³-hybridized carbons (Fsp3) is 0.400. The SMILES string of the molecule is COC(=O)c1c(NC(=O)Cc2ccc(OC)cc2)sc2c1CC[C@@H](C)C2. The molecule has 0 bridgehead atoms. The summed E-state index contributed by atoms with van der Waals surface area (Å²) in [5.74, 6) is 0.820. The number of fused-ring (bicyclic) bond motifs is 1. The van der Waals surface area contributed by atoms with E-state index in [4.69, 9.17) is 9.47 Å². The van der Waals surface area contributed by atoms with Crippen LogP contribution < -0.4 is 10.1 Å². The maximum atomic E-state index is 12.5. The van der Waals surface area contributed by atoms with Gasteiger partial charge in [0.05, 0.1) is 26.2 Å². The Bertz CT molecular complexity index is 810. The molecular weight excluding hydrogens is 350 g/mol. The first-order valence-electron chi connectivity index (χ1n) is 8.67. The largest absolute Gasteiger partial charge is 0.497 e. The van der Waals surface area contributed by atoms with E-state index in [9.17, 15) is 9.59 Å². The molecule has 26 heavy (non-hydrogen) atoms. The van der Waals surface area contributed by atoms with Gasteiger partial charge < -0.3 is 14.8 Å². The van der Waals surface area contributed by atoms with E-state index in [1.807, 2.05) is 24.3 Å². The molecule has 0 saturated heterocycles. The third kappa shape index (κ3) is 3.90. The molecule has 0 saturated carbocycles. The average molecular weight is 373 g/mol. The van der Waals surface area contributed by atoms with Crippen LogP contribution in [0.25, 0.3) is 0 Å². The Kier molecular flexibility index (Phi) is 5.61. The molecule has 1 amide bonds. The Hall–Kier alpha value is -2.34. The van der Waals surface area contributed by atoms with Crippen LogP contribution >= 0.6 is 11.3 Å². The van der Waals surface area contributed by atoms with E-state index in [2.05, 4.69) is 12.2 Å². The quantitative estimate of drug-likeness (QED) is 0.809. The minimum atomic E-state index is -0.378. The number of thiophene rings is 1. The lowest BCUT2D eigenvalue weighted by Gasteiger charge is -2.18. The highest BCUT2D eigenvalue weighted by Crippen LogP contribution is 2.40. The number of carbonyl (C=O) groups is 2. The van der Waals surface area contributed by atoms with E-state index in [-0.39, 0.29) is 18.3 Å². The van der Waals surface area contributed by atoms with E-state index < -0.39 is 0 Å². The molecule has 1 N–H and O–H groups in total. The number of rotatable bonds is 5. The first kappa shape index (κ1) is 18.5. The lowest BCUT2D eigenvalue weighted by Crippen LogP contribution is -2.17. The van der Waals surface area contributed by atoms with Gasteiger partial charge in [-0.25, -0.2) is 4.79 Å². The fourth-order valence-electron chi connectivity index (χ4n) is 3.26. The molecule has 0 radical (unpaired) electrons. The summed E-state index contributed by atoms with van der Waals surface area (Å²) in [5, 5.41) is 3.53. The summed E-state index contributed by atoms with van der Waals surface area (Å²) in [4.78, 5) is 26.0. The number of amides is 1. The van der Waals surface area contributed by atoms with Gasteiger partial charge in [-0.15, -0.1) is 11.3 Å². The molecule has 1 atom stereocenters. The number of esters is 1. The number of benzene rings is 1. The van der Waals surface area contributed by atoms with Gasteiger partial charge in [0.2, 0.25) is 5.91 Å². The normalized spacial score (nSPS) is 15.9. The Balaban J connectivity index is 1.79. The highest BCUT2D eigenvalue weighted by Gasteiger charge is 2.28. The van der Waals surface area contributed by atoms with Gasteiger partial charge in [0, 0.05) is 4.88 Å². The molecule has 5 nitrogen and oxygen atoms in total.